The van der Waals surface area contributed by atoms with Crippen LogP contribution in [0.15, 0.2) is 30.5 Å². The highest BCUT2D eigenvalue weighted by Gasteiger charge is 2.15. The molecule has 0 aliphatic heterocycles. The first-order chi connectivity index (χ1) is 8.72. The fourth-order valence-corrected chi connectivity index (χ4v) is 1.96. The summed E-state index contributed by atoms with van der Waals surface area (Å²) in [5.74, 6) is -0.161. The number of fused-ring (bicyclic) bond motifs is 1. The number of carbonyl (C=O) groups excluding carboxylic acids is 1. The van der Waals surface area contributed by atoms with Gasteiger partial charge in [0.05, 0.1) is 6.04 Å². The third kappa shape index (κ3) is 2.69. The van der Waals surface area contributed by atoms with E-state index in [1.807, 2.05) is 30.5 Å². The number of hydrogen-bond donors (Lipinski definition) is 4. The molecule has 0 radical (unpaired) electrons. The quantitative estimate of drug-likeness (QED) is 0.603. The summed E-state index contributed by atoms with van der Waals surface area (Å²) >= 11 is 0. The second-order valence-corrected chi connectivity index (χ2v) is 4.25. The Bertz CT molecular complexity index is 535. The van der Waals surface area contributed by atoms with Crippen LogP contribution in [0.1, 0.15) is 5.56 Å². The van der Waals surface area contributed by atoms with Crippen LogP contribution in [0.4, 0.5) is 0 Å². The molecule has 96 valence electrons. The van der Waals surface area contributed by atoms with Crippen molar-refractivity contribution in [2.24, 2.45) is 11.5 Å². The van der Waals surface area contributed by atoms with Gasteiger partial charge in [0, 0.05) is 30.2 Å². The molecular weight excluding hydrogens is 228 g/mol. The van der Waals surface area contributed by atoms with Crippen molar-refractivity contribution in [2.45, 2.75) is 12.5 Å². The summed E-state index contributed by atoms with van der Waals surface area (Å²) in [4.78, 5) is 14.8. The fourth-order valence-electron chi connectivity index (χ4n) is 1.96. The molecule has 1 atom stereocenters. The van der Waals surface area contributed by atoms with Gasteiger partial charge in [-0.25, -0.2) is 0 Å². The lowest BCUT2D eigenvalue weighted by Crippen LogP contribution is -2.43. The van der Waals surface area contributed by atoms with E-state index in [-0.39, 0.29) is 5.91 Å². The van der Waals surface area contributed by atoms with Gasteiger partial charge in [0.25, 0.3) is 0 Å². The van der Waals surface area contributed by atoms with Crippen molar-refractivity contribution in [2.75, 3.05) is 13.1 Å². The summed E-state index contributed by atoms with van der Waals surface area (Å²) in [5.41, 5.74) is 13.3. The lowest BCUT2D eigenvalue weighted by atomic mass is 10.1. The number of nitrogens with two attached hydrogens (primary N) is 2. The summed E-state index contributed by atoms with van der Waals surface area (Å²) in [6.45, 7) is 0.881. The predicted molar refractivity (Wildman–Crippen MR) is 72.0 cm³/mol. The molecule has 0 spiro atoms. The molecule has 18 heavy (non-hydrogen) atoms. The number of aromatic amines is 1. The van der Waals surface area contributed by atoms with Gasteiger partial charge < -0.3 is 21.8 Å². The molecular formula is C13H18N4O. The van der Waals surface area contributed by atoms with Crippen molar-refractivity contribution in [3.63, 3.8) is 0 Å². The summed E-state index contributed by atoms with van der Waals surface area (Å²) in [7, 11) is 0. The maximum Gasteiger partial charge on any atom is 0.237 e. The van der Waals surface area contributed by atoms with Gasteiger partial charge in [-0.3, -0.25) is 4.79 Å². The highest BCUT2D eigenvalue weighted by molar-refractivity contribution is 5.86. The first-order valence-electron chi connectivity index (χ1n) is 6.00. The number of para-hydroxylation sites is 1. The molecule has 0 saturated heterocycles. The molecule has 0 bridgehead atoms. The maximum absolute atomic E-state index is 11.7. The number of carbonyl (C=O) groups is 1. The Labute approximate surface area is 106 Å². The van der Waals surface area contributed by atoms with Crippen molar-refractivity contribution < 1.29 is 4.79 Å². The summed E-state index contributed by atoms with van der Waals surface area (Å²) in [5, 5.41) is 3.80. The second-order valence-electron chi connectivity index (χ2n) is 4.25. The van der Waals surface area contributed by atoms with Crippen LogP contribution in [0, 0.1) is 0 Å². The van der Waals surface area contributed by atoms with Crippen LogP contribution in [0.2, 0.25) is 0 Å². The van der Waals surface area contributed by atoms with Crippen LogP contribution in [0.3, 0.4) is 0 Å². The first-order valence-corrected chi connectivity index (χ1v) is 6.00. The van der Waals surface area contributed by atoms with Crippen LogP contribution in [-0.4, -0.2) is 30.0 Å². The molecule has 5 heteroatoms. The van der Waals surface area contributed by atoms with Gasteiger partial charge in [-0.1, -0.05) is 18.2 Å². The number of benzene rings is 1. The normalized spacial score (nSPS) is 12.6. The summed E-state index contributed by atoms with van der Waals surface area (Å²) < 4.78 is 0. The number of nitrogens with one attached hydrogen (secondary N) is 2. The fraction of sp³-hybridized carbons (Fsp3) is 0.308. The van der Waals surface area contributed by atoms with Crippen molar-refractivity contribution in [3.05, 3.63) is 36.0 Å². The molecule has 0 saturated carbocycles. The molecule has 0 aliphatic rings. The molecule has 2 aromatic rings. The van der Waals surface area contributed by atoms with E-state index in [2.05, 4.69) is 10.3 Å². The van der Waals surface area contributed by atoms with E-state index in [9.17, 15) is 4.79 Å². The van der Waals surface area contributed by atoms with Crippen molar-refractivity contribution >= 4 is 16.8 Å². The maximum atomic E-state index is 11.7. The van der Waals surface area contributed by atoms with Gasteiger partial charge in [0.1, 0.15) is 0 Å². The number of hydrogen-bond acceptors (Lipinski definition) is 3. The highest BCUT2D eigenvalue weighted by atomic mass is 16.2. The molecule has 1 aromatic carbocycles. The van der Waals surface area contributed by atoms with Gasteiger partial charge in [-0.15, -0.1) is 0 Å². The van der Waals surface area contributed by atoms with Gasteiger partial charge in [-0.2, -0.15) is 0 Å². The molecule has 0 fully saturated rings. The monoisotopic (exact) mass is 246 g/mol. The van der Waals surface area contributed by atoms with E-state index >= 15 is 0 Å². The largest absolute Gasteiger partial charge is 0.361 e. The zero-order valence-corrected chi connectivity index (χ0v) is 10.1. The lowest BCUT2D eigenvalue weighted by Gasteiger charge is -2.11. The van der Waals surface area contributed by atoms with E-state index in [1.165, 1.54) is 0 Å². The average Bonchev–Trinajstić information content (AvgIpc) is 2.79. The van der Waals surface area contributed by atoms with Crippen molar-refractivity contribution in [1.82, 2.24) is 10.3 Å². The third-order valence-corrected chi connectivity index (χ3v) is 2.90. The zero-order valence-electron chi connectivity index (χ0n) is 10.1. The Morgan fingerprint density at radius 3 is 2.94 bits per heavy atom. The number of H-pyrrole nitrogens is 1. The molecule has 0 unspecified atom stereocenters. The molecule has 1 heterocycles. The molecule has 6 N–H and O–H groups in total. The Hall–Kier alpha value is -1.85. The molecule has 5 nitrogen and oxygen atoms in total. The topological polar surface area (TPSA) is 96.9 Å². The van der Waals surface area contributed by atoms with Crippen LogP contribution in [0.5, 0.6) is 0 Å². The second kappa shape index (κ2) is 5.66. The minimum atomic E-state index is -0.546. The zero-order chi connectivity index (χ0) is 13.0. The number of aromatic nitrogens is 1. The Morgan fingerprint density at radius 2 is 2.17 bits per heavy atom. The van der Waals surface area contributed by atoms with Crippen molar-refractivity contribution in [1.29, 1.82) is 0 Å². The van der Waals surface area contributed by atoms with Gasteiger partial charge in [0.15, 0.2) is 0 Å². The molecule has 1 aromatic heterocycles. The summed E-state index contributed by atoms with van der Waals surface area (Å²) in [6, 6.07) is 7.41. The van der Waals surface area contributed by atoms with E-state index in [0.29, 0.717) is 19.5 Å². The molecule has 2 rings (SSSR count). The van der Waals surface area contributed by atoms with E-state index in [1.54, 1.807) is 0 Å². The average molecular weight is 246 g/mol. The van der Waals surface area contributed by atoms with Gasteiger partial charge in [0.2, 0.25) is 5.91 Å². The van der Waals surface area contributed by atoms with Crippen LogP contribution in [-0.2, 0) is 11.2 Å². The Kier molecular flexibility index (Phi) is 3.96. The van der Waals surface area contributed by atoms with E-state index in [4.69, 9.17) is 11.5 Å². The van der Waals surface area contributed by atoms with E-state index in [0.717, 1.165) is 16.5 Å². The van der Waals surface area contributed by atoms with E-state index < -0.39 is 6.04 Å². The first kappa shape index (κ1) is 12.6. The minimum Gasteiger partial charge on any atom is -0.361 e. The highest BCUT2D eigenvalue weighted by Crippen LogP contribution is 2.18. The minimum absolute atomic E-state index is 0.161. The predicted octanol–water partition coefficient (Wildman–Crippen LogP) is 0.113. The van der Waals surface area contributed by atoms with Gasteiger partial charge in [-0.05, 0) is 18.1 Å². The van der Waals surface area contributed by atoms with Gasteiger partial charge >= 0.3 is 0 Å². The number of amides is 1. The SMILES string of the molecule is NCCNC(=O)[C@H](N)Cc1c[nH]c2ccccc12. The van der Waals surface area contributed by atoms with Crippen molar-refractivity contribution in [3.8, 4) is 0 Å². The molecule has 1 amide bonds. The smallest absolute Gasteiger partial charge is 0.237 e. The Morgan fingerprint density at radius 1 is 1.39 bits per heavy atom. The van der Waals surface area contributed by atoms with Crippen LogP contribution in [0.25, 0.3) is 10.9 Å². The standard InChI is InChI=1S/C13H18N4O/c14-5-6-16-13(18)11(15)7-9-8-17-12-4-2-1-3-10(9)12/h1-4,8,11,17H,5-7,14-15H2,(H,16,18)/t11-/m1/s1. The molecule has 0 aliphatic carbocycles. The summed E-state index contributed by atoms with van der Waals surface area (Å²) in [6.07, 6.45) is 2.42. The third-order valence-electron chi connectivity index (χ3n) is 2.90. The lowest BCUT2D eigenvalue weighted by molar-refractivity contribution is -0.122. The number of rotatable bonds is 5. The van der Waals surface area contributed by atoms with Crippen LogP contribution < -0.4 is 16.8 Å². The Balaban J connectivity index is 2.07. The van der Waals surface area contributed by atoms with Crippen LogP contribution >= 0.6 is 0 Å².